The Hall–Kier alpha value is -0.910. The van der Waals surface area contributed by atoms with E-state index in [2.05, 4.69) is 0 Å². The molecule has 7 heteroatoms. The Morgan fingerprint density at radius 1 is 1.13 bits per heavy atom. The van der Waals surface area contributed by atoms with E-state index in [0.29, 0.717) is 6.07 Å². The van der Waals surface area contributed by atoms with Crippen LogP contribution in [0, 0.1) is 11.9 Å². The van der Waals surface area contributed by atoms with Gasteiger partial charge in [0.15, 0.2) is 0 Å². The second-order valence-electron chi connectivity index (χ2n) is 2.61. The van der Waals surface area contributed by atoms with Crippen LogP contribution in [0.2, 0.25) is 5.02 Å². The molecule has 0 unspecified atom stereocenters. The predicted molar refractivity (Wildman–Crippen MR) is 40.2 cm³/mol. The summed E-state index contributed by atoms with van der Waals surface area (Å²) >= 11 is 5.15. The van der Waals surface area contributed by atoms with Gasteiger partial charge < -0.3 is 0 Å². The third kappa shape index (κ3) is 2.19. The maximum absolute atomic E-state index is 12.7. The minimum Gasteiger partial charge on any atom is -0.206 e. The average molecular weight is 248 g/mol. The van der Waals surface area contributed by atoms with Crippen molar-refractivity contribution in [3.05, 3.63) is 34.6 Å². The van der Waals surface area contributed by atoms with Crippen molar-refractivity contribution in [3.63, 3.8) is 0 Å². The van der Waals surface area contributed by atoms with E-state index in [4.69, 9.17) is 11.6 Å². The lowest BCUT2D eigenvalue weighted by molar-refractivity contribution is -0.290. The molecule has 0 atom stereocenters. The summed E-state index contributed by atoms with van der Waals surface area (Å²) in [5.74, 6) is -6.97. The lowest BCUT2D eigenvalue weighted by atomic mass is 10.1. The van der Waals surface area contributed by atoms with Crippen LogP contribution in [0.3, 0.4) is 0 Å². The van der Waals surface area contributed by atoms with Gasteiger partial charge in [-0.15, -0.1) is 0 Å². The van der Waals surface area contributed by atoms with E-state index in [0.717, 1.165) is 0 Å². The van der Waals surface area contributed by atoms with Crippen molar-refractivity contribution in [3.8, 4) is 0 Å². The van der Waals surface area contributed by atoms with Crippen molar-refractivity contribution in [2.75, 3.05) is 0 Å². The van der Waals surface area contributed by atoms with E-state index in [-0.39, 0.29) is 6.07 Å². The maximum Gasteiger partial charge on any atom is 0.458 e. The van der Waals surface area contributed by atoms with Crippen LogP contribution in [0.4, 0.5) is 26.3 Å². The van der Waals surface area contributed by atoms with E-state index >= 15 is 0 Å². The van der Waals surface area contributed by atoms with Crippen LogP contribution in [0.15, 0.2) is 12.1 Å². The van der Waals surface area contributed by atoms with Gasteiger partial charge in [0.1, 0.15) is 5.82 Å². The molecule has 0 heterocycles. The fourth-order valence-corrected chi connectivity index (χ4v) is 1.00. The van der Waals surface area contributed by atoms with Crippen LogP contribution >= 0.6 is 11.6 Å². The maximum atomic E-state index is 12.7. The Kier molecular flexibility index (Phi) is 2.91. The van der Waals surface area contributed by atoms with Gasteiger partial charge in [-0.25, -0.2) is 4.39 Å². The van der Waals surface area contributed by atoms with Gasteiger partial charge in [-0.1, -0.05) is 11.6 Å². The van der Waals surface area contributed by atoms with Crippen molar-refractivity contribution in [1.82, 2.24) is 0 Å². The molecule has 1 aromatic carbocycles. The van der Waals surface area contributed by atoms with Gasteiger partial charge in [0.25, 0.3) is 0 Å². The summed E-state index contributed by atoms with van der Waals surface area (Å²) in [5.41, 5.74) is -1.81. The molecule has 0 fully saturated rings. The van der Waals surface area contributed by atoms with Crippen molar-refractivity contribution in [2.24, 2.45) is 0 Å². The van der Waals surface area contributed by atoms with Crippen molar-refractivity contribution < 1.29 is 26.3 Å². The van der Waals surface area contributed by atoms with Gasteiger partial charge >= 0.3 is 12.1 Å². The van der Waals surface area contributed by atoms with Gasteiger partial charge in [-0.2, -0.15) is 22.0 Å². The summed E-state index contributed by atoms with van der Waals surface area (Å²) in [6.45, 7) is 0. The fraction of sp³-hybridized carbons (Fsp3) is 0.250. The third-order valence-electron chi connectivity index (χ3n) is 1.56. The average Bonchev–Trinajstić information content (AvgIpc) is 2.07. The Labute approximate surface area is 85.5 Å². The summed E-state index contributed by atoms with van der Waals surface area (Å²) in [6.07, 6.45) is -5.86. The zero-order valence-electron chi connectivity index (χ0n) is 6.80. The normalized spacial score (nSPS) is 13.0. The lowest BCUT2D eigenvalue weighted by Crippen LogP contribution is -2.34. The molecule has 1 rings (SSSR count). The standard InChI is InChI=1S/C8H2ClF6/c9-4-1-2-6(10)5(3-4)7(11,12)8(13,14)15/h2-3H. The predicted octanol–water partition coefficient (Wildman–Crippen LogP) is 3.93. The molecule has 0 spiro atoms. The number of alkyl halides is 5. The Morgan fingerprint density at radius 3 is 2.13 bits per heavy atom. The van der Waals surface area contributed by atoms with Crippen molar-refractivity contribution in [1.29, 1.82) is 0 Å². The topological polar surface area (TPSA) is 0 Å². The molecule has 83 valence electrons. The van der Waals surface area contributed by atoms with Crippen molar-refractivity contribution in [2.45, 2.75) is 12.1 Å². The lowest BCUT2D eigenvalue weighted by Gasteiger charge is -2.20. The third-order valence-corrected chi connectivity index (χ3v) is 1.78. The van der Waals surface area contributed by atoms with E-state index < -0.39 is 28.5 Å². The Morgan fingerprint density at radius 2 is 1.67 bits per heavy atom. The van der Waals surface area contributed by atoms with Crippen LogP contribution in [0.1, 0.15) is 5.56 Å². The van der Waals surface area contributed by atoms with Gasteiger partial charge in [0.2, 0.25) is 0 Å². The van der Waals surface area contributed by atoms with E-state index in [1.807, 2.05) is 6.07 Å². The van der Waals surface area contributed by atoms with Gasteiger partial charge in [0.05, 0.1) is 5.56 Å². The fourth-order valence-electron chi connectivity index (χ4n) is 0.841. The highest BCUT2D eigenvalue weighted by Crippen LogP contribution is 2.45. The molecule has 15 heavy (non-hydrogen) atoms. The molecular formula is C8H2ClF6. The second kappa shape index (κ2) is 3.59. The summed E-state index contributed by atoms with van der Waals surface area (Å²) in [6, 6.07) is 2.48. The number of hydrogen-bond donors (Lipinski definition) is 0. The molecule has 0 aliphatic heterocycles. The van der Waals surface area contributed by atoms with Crippen LogP contribution in [0.25, 0.3) is 0 Å². The SMILES string of the molecule is Fc1c[c]c(Cl)cc1C(F)(F)C(F)(F)F. The van der Waals surface area contributed by atoms with Crippen LogP contribution in [-0.4, -0.2) is 6.18 Å². The highest BCUT2D eigenvalue weighted by atomic mass is 35.5. The zero-order valence-corrected chi connectivity index (χ0v) is 7.56. The summed E-state index contributed by atoms with van der Waals surface area (Å²) < 4.78 is 73.6. The van der Waals surface area contributed by atoms with E-state index in [9.17, 15) is 26.3 Å². The Bertz CT molecular complexity index is 370. The number of hydrogen-bond acceptors (Lipinski definition) is 0. The molecule has 0 saturated carbocycles. The molecular weight excluding hydrogens is 246 g/mol. The highest BCUT2D eigenvalue weighted by Gasteiger charge is 2.59. The molecule has 0 saturated heterocycles. The smallest absolute Gasteiger partial charge is 0.206 e. The molecule has 1 aromatic rings. The van der Waals surface area contributed by atoms with Gasteiger partial charge in [-0.05, 0) is 12.1 Å². The molecule has 1 radical (unpaired) electrons. The molecule has 0 aromatic heterocycles. The monoisotopic (exact) mass is 247 g/mol. The first kappa shape index (κ1) is 12.2. The van der Waals surface area contributed by atoms with Gasteiger partial charge in [0, 0.05) is 11.1 Å². The van der Waals surface area contributed by atoms with E-state index in [1.54, 1.807) is 0 Å². The summed E-state index contributed by atoms with van der Waals surface area (Å²) in [7, 11) is 0. The Balaban J connectivity index is 3.32. The number of benzene rings is 1. The quantitative estimate of drug-likeness (QED) is 0.660. The zero-order chi connectivity index (χ0) is 11.9. The van der Waals surface area contributed by atoms with Crippen molar-refractivity contribution >= 4 is 11.6 Å². The molecule has 0 aliphatic carbocycles. The second-order valence-corrected chi connectivity index (χ2v) is 3.02. The molecule has 0 bridgehead atoms. The number of halogens is 7. The number of rotatable bonds is 1. The first-order valence-corrected chi connectivity index (χ1v) is 3.86. The summed E-state index contributed by atoms with van der Waals surface area (Å²) in [4.78, 5) is 0. The van der Waals surface area contributed by atoms with E-state index in [1.165, 1.54) is 0 Å². The van der Waals surface area contributed by atoms with Crippen LogP contribution in [-0.2, 0) is 5.92 Å². The molecule has 0 amide bonds. The minimum absolute atomic E-state index is 0.199. The molecule has 0 nitrogen and oxygen atoms in total. The first-order valence-electron chi connectivity index (χ1n) is 3.48. The largest absolute Gasteiger partial charge is 0.458 e. The minimum atomic E-state index is -5.86. The van der Waals surface area contributed by atoms with Crippen LogP contribution in [0.5, 0.6) is 0 Å². The summed E-state index contributed by atoms with van der Waals surface area (Å²) in [5, 5.41) is -0.518. The van der Waals surface area contributed by atoms with Crippen LogP contribution < -0.4 is 0 Å². The highest BCUT2D eigenvalue weighted by molar-refractivity contribution is 6.30. The van der Waals surface area contributed by atoms with Gasteiger partial charge in [-0.3, -0.25) is 0 Å². The molecule has 0 aliphatic rings. The first-order chi connectivity index (χ1) is 6.66. The molecule has 0 N–H and O–H groups in total.